The third-order valence-electron chi connectivity index (χ3n) is 28.8. The van der Waals surface area contributed by atoms with Crippen molar-refractivity contribution in [2.24, 2.45) is 69.9 Å². The fourth-order valence-electron chi connectivity index (χ4n) is 19.2. The predicted molar refractivity (Wildman–Crippen MR) is 531 cm³/mol. The lowest BCUT2D eigenvalue weighted by molar-refractivity contribution is 0.0248. The SMILES string of the molecule is CNc1nccc(C2=NCc3nc(N4CCC(C)(N)CC4)cnc32)c1Cl.Cc1cccc(C2=NCc3nc(N4CCC(C)(CN)CC4)cnc32)c1Cl.Cc1nccc(C2=NCc3nc(N4CCC(C)(C(C)N)CC4)cnc32)c1Cl.Cc1nccc(C2=NCc3nc(N4CCC(O)(CN)CC4)cnc32)c1Cl.Cc1nccc(C2=NCc3nc(N4CCC5(CCC[C@H]5N)CC4)cnc32)c1Cl. The van der Waals surface area contributed by atoms with Gasteiger partial charge in [-0.1, -0.05) is 96.5 Å². The highest BCUT2D eigenvalue weighted by atomic mass is 35.5. The first-order chi connectivity index (χ1) is 64.0. The van der Waals surface area contributed by atoms with Gasteiger partial charge in [0.05, 0.1) is 169 Å². The van der Waals surface area contributed by atoms with Crippen molar-refractivity contribution in [2.75, 3.05) is 115 Å². The van der Waals surface area contributed by atoms with Crippen molar-refractivity contribution in [3.8, 4) is 0 Å². The van der Waals surface area contributed by atoms with E-state index in [9.17, 15) is 5.11 Å². The number of nitrogens with zero attached hydrogens (tertiary/aromatic N) is 24. The van der Waals surface area contributed by atoms with Crippen LogP contribution in [0.25, 0.3) is 0 Å². The average Bonchev–Trinajstić information content (AvgIpc) is 2.00. The zero-order chi connectivity index (χ0) is 93.4. The lowest BCUT2D eigenvalue weighted by atomic mass is 9.74. The molecular weight excluding hydrogens is 1780 g/mol. The Morgan fingerprint density at radius 1 is 0.414 bits per heavy atom. The number of aromatic nitrogens is 14. The minimum atomic E-state index is -0.757. The fourth-order valence-corrected chi connectivity index (χ4v) is 20.3. The van der Waals surface area contributed by atoms with E-state index in [1.165, 1.54) is 19.3 Å². The zero-order valence-corrected chi connectivity index (χ0v) is 80.8. The Labute approximate surface area is 801 Å². The number of anilines is 6. The van der Waals surface area contributed by atoms with Gasteiger partial charge in [-0.3, -0.25) is 39.9 Å². The van der Waals surface area contributed by atoms with Crippen LogP contribution in [0.2, 0.25) is 25.1 Å². The van der Waals surface area contributed by atoms with Crippen molar-refractivity contribution in [1.29, 1.82) is 0 Å². The number of halogens is 5. The van der Waals surface area contributed by atoms with Crippen LogP contribution < -0.4 is 58.5 Å². The van der Waals surface area contributed by atoms with Crippen LogP contribution in [0, 0.1) is 43.9 Å². The van der Waals surface area contributed by atoms with Gasteiger partial charge in [-0.2, -0.15) is 0 Å². The molecule has 1 unspecified atom stereocenters. The molecule has 0 amide bonds. The topological polar surface area (TPSA) is 421 Å². The number of aliphatic imine (C=N–C) groups is 5. The highest BCUT2D eigenvalue weighted by molar-refractivity contribution is 6.39. The van der Waals surface area contributed by atoms with Crippen molar-refractivity contribution < 1.29 is 5.11 Å². The molecule has 0 bridgehead atoms. The molecule has 11 aliphatic rings. The van der Waals surface area contributed by atoms with E-state index in [2.05, 4.69) is 112 Å². The summed E-state index contributed by atoms with van der Waals surface area (Å²) in [5.74, 6) is 5.16. The number of hydrogen-bond donors (Lipinski definition) is 7. The van der Waals surface area contributed by atoms with E-state index in [4.69, 9.17) is 127 Å². The predicted octanol–water partition coefficient (Wildman–Crippen LogP) is 13.5. The van der Waals surface area contributed by atoms with Crippen LogP contribution in [0.15, 0.2) is 123 Å². The summed E-state index contributed by atoms with van der Waals surface area (Å²) in [5, 5.41) is 16.4. The molecule has 696 valence electrons. The average molecular weight is 1900 g/mol. The van der Waals surface area contributed by atoms with Gasteiger partial charge in [-0.15, -0.1) is 0 Å². The van der Waals surface area contributed by atoms with E-state index in [0.717, 1.165) is 280 Å². The summed E-state index contributed by atoms with van der Waals surface area (Å²) in [6.45, 7) is 29.2. The van der Waals surface area contributed by atoms with E-state index < -0.39 is 5.60 Å². The third kappa shape index (κ3) is 19.8. The summed E-state index contributed by atoms with van der Waals surface area (Å²) in [7, 11) is 1.79. The number of aliphatic hydroxyl groups is 1. The minimum absolute atomic E-state index is 0.0833. The van der Waals surface area contributed by atoms with E-state index in [1.54, 1.807) is 38.0 Å². The number of aryl methyl sites for hydroxylation is 4. The molecule has 1 saturated carbocycles. The number of piperidine rings is 5. The van der Waals surface area contributed by atoms with E-state index in [0.29, 0.717) is 103 Å². The summed E-state index contributed by atoms with van der Waals surface area (Å²) in [6, 6.07) is 14.1. The first-order valence-corrected chi connectivity index (χ1v) is 48.0. The van der Waals surface area contributed by atoms with Gasteiger partial charge in [0.25, 0.3) is 0 Å². The standard InChI is InChI=1S/C21H25ClN6.C20H25ClN6.C20H24ClN5.C18H22ClN7.C18H21ClN6O/c1-13-18(22)14(4-8-24-13)19-20-15(11-25-19)27-17(12-26-20)28-9-6-21(7-10-28)5-2-3-16(21)23;1-12-17(21)14(4-7-23-12)18-19-15(10-24-18)26-16(11-25-19)27-8-5-20(3,6-9-27)13(2)22;1-13-4-3-5-14(17(13)21)18-19-15(10-23-18)25-16(11-24-19)26-8-6-20(2,12-22)7-9-26;1-18(20)4-7-26(8-5-18)13-10-24-16-12(25-13)9-23-15(16)11-3-6-22-17(21-2)14(11)19;1-11-15(19)12(2-5-21-11)16-17-13(8-22-16)24-14(9-23-17)25-6-3-18(26,10-20)4-7-25/h4,8,12,16H,2-3,5-7,9-11,23H2,1H3;4,7,11,13H,5-6,8-10,22H2,1-3H3;3-5,11H,6-10,12,22H2,1-2H3;3,6,10H,4-5,7-9,20H2,1-2H3,(H,21,22);2,5,9,26H,3-4,6-8,10,20H2,1H3/t16-;;;;/m1..../s1. The maximum Gasteiger partial charge on any atom is 0.147 e. The molecule has 36 heteroatoms. The highest BCUT2D eigenvalue weighted by Crippen LogP contribution is 2.47. The quantitative estimate of drug-likeness (QED) is 0.0531. The monoisotopic (exact) mass is 1890 g/mol. The maximum atomic E-state index is 10.3. The van der Waals surface area contributed by atoms with Gasteiger partial charge in [0.15, 0.2) is 0 Å². The largest absolute Gasteiger partial charge is 0.388 e. The first-order valence-electron chi connectivity index (χ1n) is 46.1. The number of pyridine rings is 4. The molecule has 2 atom stereocenters. The molecule has 19 heterocycles. The molecule has 0 radical (unpaired) electrons. The summed E-state index contributed by atoms with van der Waals surface area (Å²) in [5.41, 5.74) is 50.7. The number of fused-ring (bicyclic) bond motifs is 5. The summed E-state index contributed by atoms with van der Waals surface area (Å²) in [6.07, 6.45) is 29.7. The van der Waals surface area contributed by atoms with Gasteiger partial charge in [0.1, 0.15) is 63.4 Å². The smallest absolute Gasteiger partial charge is 0.147 e. The minimum Gasteiger partial charge on any atom is -0.388 e. The van der Waals surface area contributed by atoms with Crippen LogP contribution in [0.5, 0.6) is 0 Å². The third-order valence-corrected chi connectivity index (χ3v) is 31.1. The van der Waals surface area contributed by atoms with Crippen LogP contribution in [0.1, 0.15) is 219 Å². The summed E-state index contributed by atoms with van der Waals surface area (Å²) >= 11 is 32.2. The van der Waals surface area contributed by atoms with Crippen molar-refractivity contribution in [3.05, 3.63) is 231 Å². The highest BCUT2D eigenvalue weighted by Gasteiger charge is 2.44. The molecule has 10 aromatic rings. The second kappa shape index (κ2) is 39.5. The molecule has 5 saturated heterocycles. The van der Waals surface area contributed by atoms with Crippen molar-refractivity contribution >= 4 is 121 Å². The normalized spacial score (nSPS) is 19.7. The van der Waals surface area contributed by atoms with Crippen LogP contribution in [0.4, 0.5) is 34.9 Å². The molecule has 6 fully saturated rings. The Bertz CT molecular complexity index is 6030. The summed E-state index contributed by atoms with van der Waals surface area (Å²) < 4.78 is 0. The Balaban J connectivity index is 0.000000116. The number of benzene rings is 1. The Morgan fingerprint density at radius 2 is 0.737 bits per heavy atom. The van der Waals surface area contributed by atoms with Crippen LogP contribution in [-0.2, 0) is 32.7 Å². The van der Waals surface area contributed by atoms with Crippen LogP contribution in [-0.4, -0.2) is 212 Å². The van der Waals surface area contributed by atoms with E-state index in [-0.39, 0.29) is 22.4 Å². The Morgan fingerprint density at radius 3 is 1.07 bits per heavy atom. The van der Waals surface area contributed by atoms with E-state index in [1.807, 2.05) is 94.9 Å². The number of hydrogen-bond acceptors (Lipinski definition) is 31. The van der Waals surface area contributed by atoms with Gasteiger partial charge >= 0.3 is 0 Å². The van der Waals surface area contributed by atoms with Crippen LogP contribution in [0.3, 0.4) is 0 Å². The van der Waals surface area contributed by atoms with Crippen molar-refractivity contribution in [1.82, 2.24) is 69.8 Å². The van der Waals surface area contributed by atoms with Gasteiger partial charge < -0.3 is 63.6 Å². The molecule has 133 heavy (non-hydrogen) atoms. The van der Waals surface area contributed by atoms with Gasteiger partial charge in [0.2, 0.25) is 0 Å². The van der Waals surface area contributed by atoms with Gasteiger partial charge in [0, 0.05) is 149 Å². The molecule has 31 nitrogen and oxygen atoms in total. The second-order valence-electron chi connectivity index (χ2n) is 37.8. The molecule has 1 spiro atoms. The lowest BCUT2D eigenvalue weighted by Gasteiger charge is -2.42. The zero-order valence-electron chi connectivity index (χ0n) is 77.1. The van der Waals surface area contributed by atoms with Crippen molar-refractivity contribution in [2.45, 2.75) is 195 Å². The van der Waals surface area contributed by atoms with Gasteiger partial charge in [-0.25, -0.2) is 54.8 Å². The fraction of sp³-hybridized carbons (Fsp3) is 0.474. The Kier molecular flexibility index (Phi) is 28.0. The maximum absolute atomic E-state index is 10.3. The molecule has 10 aliphatic heterocycles. The molecule has 12 N–H and O–H groups in total. The molecule has 1 aromatic carbocycles. The first kappa shape index (κ1) is 94.4. The number of rotatable bonds is 14. The molecular formula is C97H117Cl5N30O. The second-order valence-corrected chi connectivity index (χ2v) is 39.6. The lowest BCUT2D eigenvalue weighted by Crippen LogP contribution is -2.49. The van der Waals surface area contributed by atoms with E-state index >= 15 is 0 Å². The van der Waals surface area contributed by atoms with Crippen molar-refractivity contribution in [3.63, 3.8) is 0 Å². The molecule has 21 rings (SSSR count). The van der Waals surface area contributed by atoms with Gasteiger partial charge in [-0.05, 0) is 171 Å². The van der Waals surface area contributed by atoms with Crippen LogP contribution >= 0.6 is 58.0 Å². The summed E-state index contributed by atoms with van der Waals surface area (Å²) in [4.78, 5) is 99.0. The Hall–Kier alpha value is -10.4. The molecule has 1 aliphatic carbocycles. The number of nitrogens with two attached hydrogens (primary N) is 5. The molecule has 9 aromatic heterocycles. The number of nitrogens with one attached hydrogen (secondary N) is 1.